The average molecular weight is 320 g/mol. The van der Waals surface area contributed by atoms with Crippen LogP contribution in [0.4, 0.5) is 0 Å². The second-order valence-electron chi connectivity index (χ2n) is 7.15. The van der Waals surface area contributed by atoms with Gasteiger partial charge in [-0.25, -0.2) is 0 Å². The molecule has 4 heterocycles. The van der Waals surface area contributed by atoms with E-state index in [1.165, 1.54) is 19.4 Å². The number of piperidine rings is 1. The van der Waals surface area contributed by atoms with Crippen molar-refractivity contribution in [3.8, 4) is 0 Å². The van der Waals surface area contributed by atoms with E-state index in [0.29, 0.717) is 24.1 Å². The van der Waals surface area contributed by atoms with Gasteiger partial charge in [-0.05, 0) is 31.4 Å². The van der Waals surface area contributed by atoms with Crippen LogP contribution < -0.4 is 0 Å². The van der Waals surface area contributed by atoms with Crippen molar-refractivity contribution in [2.45, 2.75) is 44.0 Å². The monoisotopic (exact) mass is 320 g/mol. The van der Waals surface area contributed by atoms with Gasteiger partial charge in [-0.2, -0.15) is 0 Å². The van der Waals surface area contributed by atoms with Gasteiger partial charge in [-0.1, -0.05) is 0 Å². The second-order valence-corrected chi connectivity index (χ2v) is 7.15. The van der Waals surface area contributed by atoms with Crippen LogP contribution in [0.5, 0.6) is 0 Å². The van der Waals surface area contributed by atoms with E-state index in [-0.39, 0.29) is 0 Å². The summed E-state index contributed by atoms with van der Waals surface area (Å²) in [5.74, 6) is 1.68. The average Bonchev–Trinajstić information content (AvgIpc) is 3.24. The van der Waals surface area contributed by atoms with Crippen molar-refractivity contribution in [2.75, 3.05) is 40.0 Å². The summed E-state index contributed by atoms with van der Waals surface area (Å²) in [7, 11) is 1.88. The van der Waals surface area contributed by atoms with Gasteiger partial charge in [0.2, 0.25) is 0 Å². The van der Waals surface area contributed by atoms with Gasteiger partial charge >= 0.3 is 0 Å². The minimum atomic E-state index is 0.401. The maximum atomic E-state index is 5.82. The minimum Gasteiger partial charge on any atom is -0.468 e. The number of fused-ring (bicyclic) bond motifs is 1. The molecule has 3 atom stereocenters. The maximum absolute atomic E-state index is 5.82. The molecule has 1 aromatic heterocycles. The first-order valence-electron chi connectivity index (χ1n) is 8.96. The highest BCUT2D eigenvalue weighted by Gasteiger charge is 2.46. The Labute approximate surface area is 138 Å². The van der Waals surface area contributed by atoms with Crippen molar-refractivity contribution in [3.63, 3.8) is 0 Å². The topological polar surface area (TPSA) is 38.1 Å². The standard InChI is InChI=1S/C18H28N2O3/c1-21-18-4-7-20(14-5-9-22-10-6-14)17-13-19(12-16(17)18)11-15-3-2-8-23-15/h2-3,8,14,16-18H,4-7,9-13H2,1H3/t16-,17+,18-/m0/s1. The van der Waals surface area contributed by atoms with Crippen LogP contribution in [0.3, 0.4) is 0 Å². The van der Waals surface area contributed by atoms with Gasteiger partial charge in [-0.3, -0.25) is 9.80 Å². The highest BCUT2D eigenvalue weighted by Crippen LogP contribution is 2.35. The molecule has 0 bridgehead atoms. The Morgan fingerprint density at radius 2 is 2.09 bits per heavy atom. The molecule has 0 aliphatic carbocycles. The van der Waals surface area contributed by atoms with Crippen LogP contribution in [0.2, 0.25) is 0 Å². The number of nitrogens with zero attached hydrogens (tertiary/aromatic N) is 2. The van der Waals surface area contributed by atoms with Gasteiger partial charge in [0.1, 0.15) is 5.76 Å². The van der Waals surface area contributed by atoms with Crippen LogP contribution in [0, 0.1) is 5.92 Å². The summed E-state index contributed by atoms with van der Waals surface area (Å²) in [6.07, 6.45) is 5.68. The van der Waals surface area contributed by atoms with E-state index in [2.05, 4.69) is 15.9 Å². The predicted octanol–water partition coefficient (Wildman–Crippen LogP) is 1.98. The van der Waals surface area contributed by atoms with Gasteiger partial charge in [0, 0.05) is 58.0 Å². The summed E-state index contributed by atoms with van der Waals surface area (Å²) in [6, 6.07) is 5.36. The number of likely N-dealkylation sites (tertiary alicyclic amines) is 2. The highest BCUT2D eigenvalue weighted by atomic mass is 16.5. The third-order valence-corrected chi connectivity index (χ3v) is 5.91. The number of hydrogen-bond donors (Lipinski definition) is 0. The molecule has 5 heteroatoms. The van der Waals surface area contributed by atoms with Gasteiger partial charge in [0.05, 0.1) is 18.9 Å². The molecule has 1 aromatic rings. The summed E-state index contributed by atoms with van der Waals surface area (Å²) in [5.41, 5.74) is 0. The molecule has 0 saturated carbocycles. The molecule has 0 aromatic carbocycles. The van der Waals surface area contributed by atoms with E-state index >= 15 is 0 Å². The molecule has 0 amide bonds. The lowest BCUT2D eigenvalue weighted by Gasteiger charge is -2.46. The molecule has 5 nitrogen and oxygen atoms in total. The normalized spacial score (nSPS) is 33.9. The van der Waals surface area contributed by atoms with Crippen LogP contribution in [-0.4, -0.2) is 67.9 Å². The van der Waals surface area contributed by atoms with Gasteiger partial charge < -0.3 is 13.9 Å². The van der Waals surface area contributed by atoms with Crippen LogP contribution in [-0.2, 0) is 16.0 Å². The molecule has 3 aliphatic heterocycles. The predicted molar refractivity (Wildman–Crippen MR) is 87.2 cm³/mol. The van der Waals surface area contributed by atoms with Crippen LogP contribution in [0.1, 0.15) is 25.0 Å². The molecular weight excluding hydrogens is 292 g/mol. The molecule has 3 saturated heterocycles. The van der Waals surface area contributed by atoms with E-state index in [0.717, 1.165) is 45.0 Å². The first-order chi connectivity index (χ1) is 11.3. The lowest BCUT2D eigenvalue weighted by molar-refractivity contribution is -0.0563. The van der Waals surface area contributed by atoms with Crippen molar-refractivity contribution in [1.29, 1.82) is 0 Å². The molecular formula is C18H28N2O3. The zero-order chi connectivity index (χ0) is 15.6. The third-order valence-electron chi connectivity index (χ3n) is 5.91. The van der Waals surface area contributed by atoms with Crippen molar-refractivity contribution in [3.05, 3.63) is 24.2 Å². The van der Waals surface area contributed by atoms with E-state index in [9.17, 15) is 0 Å². The molecule has 3 aliphatic rings. The molecule has 3 fully saturated rings. The molecule has 4 rings (SSSR count). The first kappa shape index (κ1) is 15.6. The summed E-state index contributed by atoms with van der Waals surface area (Å²) in [6.45, 7) is 6.16. The highest BCUT2D eigenvalue weighted by molar-refractivity contribution is 5.04. The van der Waals surface area contributed by atoms with Gasteiger partial charge in [-0.15, -0.1) is 0 Å². The lowest BCUT2D eigenvalue weighted by Crippen LogP contribution is -2.56. The molecule has 0 spiro atoms. The fourth-order valence-corrected chi connectivity index (χ4v) is 4.78. The van der Waals surface area contributed by atoms with Crippen molar-refractivity contribution in [2.24, 2.45) is 5.92 Å². The Hall–Kier alpha value is -0.880. The fourth-order valence-electron chi connectivity index (χ4n) is 4.78. The summed E-state index contributed by atoms with van der Waals surface area (Å²) < 4.78 is 16.9. The largest absolute Gasteiger partial charge is 0.468 e. The van der Waals surface area contributed by atoms with Crippen molar-refractivity contribution < 1.29 is 13.9 Å². The molecule has 0 N–H and O–H groups in total. The Balaban J connectivity index is 1.47. The zero-order valence-corrected chi connectivity index (χ0v) is 14.0. The number of ether oxygens (including phenoxy) is 2. The van der Waals surface area contributed by atoms with Crippen molar-refractivity contribution in [1.82, 2.24) is 9.80 Å². The third kappa shape index (κ3) is 3.20. The lowest BCUT2D eigenvalue weighted by atomic mass is 9.87. The van der Waals surface area contributed by atoms with Crippen LogP contribution >= 0.6 is 0 Å². The number of hydrogen-bond acceptors (Lipinski definition) is 5. The Morgan fingerprint density at radius 3 is 2.83 bits per heavy atom. The SMILES string of the molecule is CO[C@H]1CCN(C2CCOCC2)[C@@H]2CN(Cc3ccco3)C[C@H]12. The van der Waals surface area contributed by atoms with Gasteiger partial charge in [0.15, 0.2) is 0 Å². The van der Waals surface area contributed by atoms with Crippen LogP contribution in [0.25, 0.3) is 0 Å². The van der Waals surface area contributed by atoms with E-state index < -0.39 is 0 Å². The minimum absolute atomic E-state index is 0.401. The van der Waals surface area contributed by atoms with E-state index in [1.807, 2.05) is 13.2 Å². The molecule has 128 valence electrons. The molecule has 23 heavy (non-hydrogen) atoms. The van der Waals surface area contributed by atoms with E-state index in [1.54, 1.807) is 6.26 Å². The Bertz CT molecular complexity index is 486. The fraction of sp³-hybridized carbons (Fsp3) is 0.778. The summed E-state index contributed by atoms with van der Waals surface area (Å²) >= 11 is 0. The van der Waals surface area contributed by atoms with Gasteiger partial charge in [0.25, 0.3) is 0 Å². The maximum Gasteiger partial charge on any atom is 0.117 e. The van der Waals surface area contributed by atoms with Crippen molar-refractivity contribution >= 4 is 0 Å². The number of methoxy groups -OCH3 is 1. The molecule has 0 radical (unpaired) electrons. The molecule has 0 unspecified atom stereocenters. The van der Waals surface area contributed by atoms with Crippen LogP contribution in [0.15, 0.2) is 22.8 Å². The smallest absolute Gasteiger partial charge is 0.117 e. The summed E-state index contributed by atoms with van der Waals surface area (Å²) in [4.78, 5) is 5.31. The zero-order valence-electron chi connectivity index (χ0n) is 14.0. The number of rotatable bonds is 4. The first-order valence-corrected chi connectivity index (χ1v) is 8.96. The van der Waals surface area contributed by atoms with E-state index in [4.69, 9.17) is 13.9 Å². The quantitative estimate of drug-likeness (QED) is 0.848. The Morgan fingerprint density at radius 1 is 1.22 bits per heavy atom. The summed E-state index contributed by atoms with van der Waals surface area (Å²) in [5, 5.41) is 0. The second kappa shape index (κ2) is 6.93. The number of furan rings is 1. The Kier molecular flexibility index (Phi) is 4.71.